The van der Waals surface area contributed by atoms with Crippen LogP contribution < -0.4 is 21.2 Å². The van der Waals surface area contributed by atoms with E-state index in [1.807, 2.05) is 12.1 Å². The first-order valence-electron chi connectivity index (χ1n) is 11.2. The van der Waals surface area contributed by atoms with Crippen molar-refractivity contribution < 1.29 is 5.11 Å². The first-order chi connectivity index (χ1) is 15.2. The molecule has 0 aliphatic rings. The molecule has 0 heterocycles. The number of aryl methyl sites for hydroxylation is 6. The molecular weight excluding hydrogens is 407 g/mol. The number of phenolic OH excluding ortho intramolecular Hbond substituents is 1. The van der Waals surface area contributed by atoms with E-state index in [9.17, 15) is 5.11 Å². The van der Waals surface area contributed by atoms with E-state index < -0.39 is 7.26 Å². The highest BCUT2D eigenvalue weighted by Gasteiger charge is 2.50. The lowest BCUT2D eigenvalue weighted by Crippen LogP contribution is -2.41. The van der Waals surface area contributed by atoms with Gasteiger partial charge in [0.2, 0.25) is 0 Å². The molecule has 0 fully saturated rings. The molecule has 1 nitrogen and oxygen atoms in total. The largest absolute Gasteiger partial charge is 0.508 e. The van der Waals surface area contributed by atoms with Crippen LogP contribution in [0.5, 0.6) is 5.75 Å². The minimum Gasteiger partial charge on any atom is -0.508 e. The van der Waals surface area contributed by atoms with Gasteiger partial charge in [-0.15, -0.1) is 0 Å². The Kier molecular flexibility index (Phi) is 5.97. The van der Waals surface area contributed by atoms with Gasteiger partial charge >= 0.3 is 0 Å². The first kappa shape index (κ1) is 22.3. The molecule has 0 aliphatic carbocycles. The molecule has 0 aliphatic heterocycles. The Morgan fingerprint density at radius 1 is 0.469 bits per heavy atom. The van der Waals surface area contributed by atoms with E-state index >= 15 is 0 Å². The van der Waals surface area contributed by atoms with Gasteiger partial charge in [0.05, 0.1) is 0 Å². The van der Waals surface area contributed by atoms with Crippen LogP contribution in [0.15, 0.2) is 78.9 Å². The minimum absolute atomic E-state index is 0.300. The van der Waals surface area contributed by atoms with Gasteiger partial charge in [-0.3, -0.25) is 0 Å². The molecule has 0 saturated heterocycles. The van der Waals surface area contributed by atoms with Crippen LogP contribution in [-0.2, 0) is 0 Å². The second-order valence-electron chi connectivity index (χ2n) is 9.06. The van der Waals surface area contributed by atoms with E-state index in [4.69, 9.17) is 0 Å². The van der Waals surface area contributed by atoms with Crippen molar-refractivity contribution in [1.82, 2.24) is 0 Å². The monoisotopic (exact) mass is 439 g/mol. The summed E-state index contributed by atoms with van der Waals surface area (Å²) in [6.07, 6.45) is 0. The molecule has 4 aromatic carbocycles. The first-order valence-corrected chi connectivity index (χ1v) is 12.9. The molecule has 0 unspecified atom stereocenters. The summed E-state index contributed by atoms with van der Waals surface area (Å²) in [5, 5.41) is 15.5. The van der Waals surface area contributed by atoms with Crippen molar-refractivity contribution in [2.75, 3.05) is 0 Å². The Bertz CT molecular complexity index is 1160. The fraction of sp³-hybridized carbons (Fsp3) is 0.200. The van der Waals surface area contributed by atoms with Crippen LogP contribution >= 0.6 is 7.26 Å². The Morgan fingerprint density at radius 2 is 0.812 bits per heavy atom. The summed E-state index contributed by atoms with van der Waals surface area (Å²) in [4.78, 5) is 0. The number of aromatic hydroxyl groups is 1. The van der Waals surface area contributed by atoms with Gasteiger partial charge in [-0.05, 0) is 101 Å². The lowest BCUT2D eigenvalue weighted by molar-refractivity contribution is 0.475. The predicted molar refractivity (Wildman–Crippen MR) is 141 cm³/mol. The van der Waals surface area contributed by atoms with Crippen LogP contribution in [-0.4, -0.2) is 5.11 Å². The quantitative estimate of drug-likeness (QED) is 0.395. The SMILES string of the molecule is Cc1ccc([P+](c2ccc(O)cc2)(c2ccc(C)cc2C)c2ccc(C)cc2C)c(C)c1. The molecule has 4 rings (SSSR count). The smallest absolute Gasteiger partial charge is 0.145 e. The van der Waals surface area contributed by atoms with Gasteiger partial charge in [0.25, 0.3) is 0 Å². The van der Waals surface area contributed by atoms with Gasteiger partial charge in [-0.2, -0.15) is 0 Å². The van der Waals surface area contributed by atoms with Gasteiger partial charge in [-0.1, -0.05) is 53.1 Å². The molecule has 2 heteroatoms. The molecule has 0 spiro atoms. The topological polar surface area (TPSA) is 20.2 Å². The van der Waals surface area contributed by atoms with Gasteiger partial charge in [0, 0.05) is 0 Å². The van der Waals surface area contributed by atoms with Crippen molar-refractivity contribution >= 4 is 28.5 Å². The fourth-order valence-corrected chi connectivity index (χ4v) is 9.91. The van der Waals surface area contributed by atoms with Crippen molar-refractivity contribution in [3.63, 3.8) is 0 Å². The highest BCUT2D eigenvalue weighted by Crippen LogP contribution is 2.56. The molecule has 0 bridgehead atoms. The van der Waals surface area contributed by atoms with Crippen molar-refractivity contribution in [1.29, 1.82) is 0 Å². The van der Waals surface area contributed by atoms with E-state index in [0.717, 1.165) is 0 Å². The third-order valence-corrected chi connectivity index (χ3v) is 11.1. The van der Waals surface area contributed by atoms with Crippen molar-refractivity contribution in [3.05, 3.63) is 112 Å². The number of benzene rings is 4. The zero-order chi connectivity index (χ0) is 23.0. The zero-order valence-electron chi connectivity index (χ0n) is 19.9. The average molecular weight is 440 g/mol. The zero-order valence-corrected chi connectivity index (χ0v) is 20.8. The molecular formula is C30H32OP+. The third-order valence-electron chi connectivity index (χ3n) is 6.38. The molecule has 0 amide bonds. The molecule has 1 N–H and O–H groups in total. The number of phenols is 1. The third kappa shape index (κ3) is 3.76. The summed E-state index contributed by atoms with van der Waals surface area (Å²) < 4.78 is 0. The normalized spacial score (nSPS) is 11.6. The minimum atomic E-state index is -2.21. The van der Waals surface area contributed by atoms with Crippen LogP contribution in [0, 0.1) is 41.5 Å². The lowest BCUT2D eigenvalue weighted by Gasteiger charge is -2.31. The molecule has 162 valence electrons. The molecule has 0 atom stereocenters. The maximum atomic E-state index is 10.1. The van der Waals surface area contributed by atoms with Gasteiger partial charge < -0.3 is 5.11 Å². The Balaban J connectivity index is 2.24. The number of hydrogen-bond donors (Lipinski definition) is 1. The summed E-state index contributed by atoms with van der Waals surface area (Å²) >= 11 is 0. The second kappa shape index (κ2) is 8.57. The van der Waals surface area contributed by atoms with Crippen molar-refractivity contribution in [2.45, 2.75) is 41.5 Å². The maximum absolute atomic E-state index is 10.1. The van der Waals surface area contributed by atoms with Gasteiger partial charge in [0.1, 0.15) is 34.2 Å². The highest BCUT2D eigenvalue weighted by molar-refractivity contribution is 8.01. The predicted octanol–water partition coefficient (Wildman–Crippen LogP) is 5.86. The molecule has 0 radical (unpaired) electrons. The molecule has 0 saturated carbocycles. The molecule has 4 aromatic rings. The van der Waals surface area contributed by atoms with E-state index in [1.54, 1.807) is 0 Å². The van der Waals surface area contributed by atoms with Crippen molar-refractivity contribution in [2.24, 2.45) is 0 Å². The van der Waals surface area contributed by atoms with E-state index in [2.05, 4.69) is 108 Å². The summed E-state index contributed by atoms with van der Waals surface area (Å²) in [6.45, 7) is 13.2. The highest BCUT2D eigenvalue weighted by atomic mass is 31.2. The number of rotatable bonds is 4. The lowest BCUT2D eigenvalue weighted by atomic mass is 10.1. The summed E-state index contributed by atoms with van der Waals surface area (Å²) in [5.41, 5.74) is 7.76. The maximum Gasteiger partial charge on any atom is 0.145 e. The average Bonchev–Trinajstić information content (AvgIpc) is 2.72. The fourth-order valence-electron chi connectivity index (χ4n) is 5.03. The van der Waals surface area contributed by atoms with Crippen LogP contribution in [0.3, 0.4) is 0 Å². The van der Waals surface area contributed by atoms with E-state index in [-0.39, 0.29) is 0 Å². The van der Waals surface area contributed by atoms with Crippen LogP contribution in [0.1, 0.15) is 33.4 Å². The standard InChI is InChI=1S/C30H31OP/c1-20-7-14-28(23(4)17-20)32(27-12-10-26(31)11-13-27,29-15-8-21(2)18-24(29)5)30-16-9-22(3)19-25(30)6/h7-19H,1-6H3/p+1. The van der Waals surface area contributed by atoms with Crippen LogP contribution in [0.4, 0.5) is 0 Å². The van der Waals surface area contributed by atoms with Gasteiger partial charge in [0.15, 0.2) is 0 Å². The van der Waals surface area contributed by atoms with Gasteiger partial charge in [-0.25, -0.2) is 0 Å². The molecule has 0 aromatic heterocycles. The summed E-state index contributed by atoms with van der Waals surface area (Å²) in [6, 6.07) is 28.6. The summed E-state index contributed by atoms with van der Waals surface area (Å²) in [5.74, 6) is 0.300. The Labute approximate surface area is 193 Å². The molecule has 32 heavy (non-hydrogen) atoms. The number of hydrogen-bond acceptors (Lipinski definition) is 1. The van der Waals surface area contributed by atoms with E-state index in [0.29, 0.717) is 5.75 Å². The Hall–Kier alpha value is -2.89. The Morgan fingerprint density at radius 3 is 1.12 bits per heavy atom. The summed E-state index contributed by atoms with van der Waals surface area (Å²) in [7, 11) is -2.21. The van der Waals surface area contributed by atoms with Crippen LogP contribution in [0.25, 0.3) is 0 Å². The van der Waals surface area contributed by atoms with Crippen LogP contribution in [0.2, 0.25) is 0 Å². The second-order valence-corrected chi connectivity index (χ2v) is 12.4. The van der Waals surface area contributed by atoms with Crippen molar-refractivity contribution in [3.8, 4) is 5.75 Å². The van der Waals surface area contributed by atoms with E-state index in [1.165, 1.54) is 54.6 Å².